The van der Waals surface area contributed by atoms with Crippen molar-refractivity contribution >= 4 is 11.6 Å². The van der Waals surface area contributed by atoms with Crippen LogP contribution in [0.25, 0.3) is 0 Å². The maximum absolute atomic E-state index is 12.6. The van der Waals surface area contributed by atoms with E-state index in [-0.39, 0.29) is 5.82 Å². The van der Waals surface area contributed by atoms with Gasteiger partial charge in [0.25, 0.3) is 0 Å². The number of hydrogen-bond acceptors (Lipinski definition) is 1. The van der Waals surface area contributed by atoms with E-state index in [0.717, 1.165) is 5.56 Å². The molecule has 0 saturated carbocycles. The van der Waals surface area contributed by atoms with Crippen molar-refractivity contribution in [2.45, 2.75) is 6.61 Å². The zero-order valence-corrected chi connectivity index (χ0v) is 9.25. The first-order valence-corrected chi connectivity index (χ1v) is 5.25. The van der Waals surface area contributed by atoms with Crippen molar-refractivity contribution in [3.8, 4) is 5.75 Å². The van der Waals surface area contributed by atoms with Crippen LogP contribution in [0.15, 0.2) is 48.5 Å². The SMILES string of the molecule is Fc1ccc(OCc2ccc(Cl)cc2)cc1. The van der Waals surface area contributed by atoms with E-state index < -0.39 is 0 Å². The summed E-state index contributed by atoms with van der Waals surface area (Å²) in [6.45, 7) is 0.447. The minimum absolute atomic E-state index is 0.265. The van der Waals surface area contributed by atoms with E-state index >= 15 is 0 Å². The van der Waals surface area contributed by atoms with Gasteiger partial charge in [-0.2, -0.15) is 0 Å². The third kappa shape index (κ3) is 2.97. The molecule has 0 aliphatic heterocycles. The molecule has 0 amide bonds. The Morgan fingerprint density at radius 2 is 1.56 bits per heavy atom. The summed E-state index contributed by atoms with van der Waals surface area (Å²) in [5.41, 5.74) is 1.02. The van der Waals surface area contributed by atoms with Crippen LogP contribution in [0.5, 0.6) is 5.75 Å². The molecule has 16 heavy (non-hydrogen) atoms. The Hall–Kier alpha value is -1.54. The summed E-state index contributed by atoms with van der Waals surface area (Å²) < 4.78 is 18.1. The second-order valence-corrected chi connectivity index (χ2v) is 3.81. The topological polar surface area (TPSA) is 9.23 Å². The zero-order chi connectivity index (χ0) is 11.4. The normalized spacial score (nSPS) is 10.1. The van der Waals surface area contributed by atoms with Crippen LogP contribution < -0.4 is 4.74 Å². The molecule has 0 aliphatic rings. The van der Waals surface area contributed by atoms with E-state index in [1.807, 2.05) is 24.3 Å². The fraction of sp³-hybridized carbons (Fsp3) is 0.0769. The average molecular weight is 237 g/mol. The molecule has 1 nitrogen and oxygen atoms in total. The van der Waals surface area contributed by atoms with Crippen LogP contribution in [0.4, 0.5) is 4.39 Å². The molecule has 0 atom stereocenters. The molecular formula is C13H10ClFO. The van der Waals surface area contributed by atoms with Gasteiger partial charge in [-0.1, -0.05) is 23.7 Å². The molecule has 0 aromatic heterocycles. The summed E-state index contributed by atoms with van der Waals surface area (Å²) in [4.78, 5) is 0. The van der Waals surface area contributed by atoms with E-state index in [1.165, 1.54) is 12.1 Å². The van der Waals surface area contributed by atoms with Gasteiger partial charge in [0, 0.05) is 5.02 Å². The predicted molar refractivity (Wildman–Crippen MR) is 62.2 cm³/mol. The largest absolute Gasteiger partial charge is 0.489 e. The van der Waals surface area contributed by atoms with Crippen molar-refractivity contribution in [2.75, 3.05) is 0 Å². The van der Waals surface area contributed by atoms with Crippen LogP contribution in [0.2, 0.25) is 5.02 Å². The molecule has 2 rings (SSSR count). The number of rotatable bonds is 3. The highest BCUT2D eigenvalue weighted by molar-refractivity contribution is 6.30. The highest BCUT2D eigenvalue weighted by Crippen LogP contribution is 2.15. The van der Waals surface area contributed by atoms with Crippen molar-refractivity contribution in [1.82, 2.24) is 0 Å². The van der Waals surface area contributed by atoms with E-state index in [1.54, 1.807) is 12.1 Å². The molecule has 0 saturated heterocycles. The third-order valence-electron chi connectivity index (χ3n) is 2.13. The Morgan fingerprint density at radius 3 is 2.19 bits per heavy atom. The molecular weight excluding hydrogens is 227 g/mol. The minimum atomic E-state index is -0.265. The van der Waals surface area contributed by atoms with Gasteiger partial charge in [0.1, 0.15) is 18.2 Å². The van der Waals surface area contributed by atoms with Gasteiger partial charge in [-0.25, -0.2) is 4.39 Å². The van der Waals surface area contributed by atoms with Gasteiger partial charge in [0.2, 0.25) is 0 Å². The van der Waals surface area contributed by atoms with Crippen molar-refractivity contribution in [2.24, 2.45) is 0 Å². The first kappa shape index (κ1) is 11.0. The second kappa shape index (κ2) is 4.99. The molecule has 0 spiro atoms. The summed E-state index contributed by atoms with van der Waals surface area (Å²) in [6, 6.07) is 13.4. The highest BCUT2D eigenvalue weighted by atomic mass is 35.5. The van der Waals surface area contributed by atoms with Gasteiger partial charge in [-0.3, -0.25) is 0 Å². The summed E-state index contributed by atoms with van der Waals surface area (Å²) in [5, 5.41) is 0.700. The standard InChI is InChI=1S/C13H10ClFO/c14-11-3-1-10(2-4-11)9-16-13-7-5-12(15)6-8-13/h1-8H,9H2. The molecule has 0 fully saturated rings. The van der Waals surface area contributed by atoms with Gasteiger partial charge >= 0.3 is 0 Å². The maximum atomic E-state index is 12.6. The molecule has 0 unspecified atom stereocenters. The Morgan fingerprint density at radius 1 is 0.938 bits per heavy atom. The first-order chi connectivity index (χ1) is 7.74. The number of ether oxygens (including phenoxy) is 1. The van der Waals surface area contributed by atoms with Crippen LogP contribution in [0, 0.1) is 5.82 Å². The lowest BCUT2D eigenvalue weighted by Crippen LogP contribution is -1.94. The van der Waals surface area contributed by atoms with Gasteiger partial charge < -0.3 is 4.74 Å². The highest BCUT2D eigenvalue weighted by Gasteiger charge is 1.96. The van der Waals surface area contributed by atoms with Crippen molar-refractivity contribution in [3.63, 3.8) is 0 Å². The molecule has 3 heteroatoms. The van der Waals surface area contributed by atoms with E-state index in [0.29, 0.717) is 17.4 Å². The fourth-order valence-electron chi connectivity index (χ4n) is 1.28. The number of halogens is 2. The van der Waals surface area contributed by atoms with Crippen LogP contribution in [-0.2, 0) is 6.61 Å². The molecule has 2 aromatic carbocycles. The second-order valence-electron chi connectivity index (χ2n) is 3.37. The molecule has 2 aromatic rings. The van der Waals surface area contributed by atoms with Crippen LogP contribution in [0.1, 0.15) is 5.56 Å². The molecule has 0 radical (unpaired) electrons. The average Bonchev–Trinajstić information content (AvgIpc) is 2.30. The smallest absolute Gasteiger partial charge is 0.123 e. The van der Waals surface area contributed by atoms with Gasteiger partial charge in [-0.15, -0.1) is 0 Å². The van der Waals surface area contributed by atoms with Crippen LogP contribution in [0.3, 0.4) is 0 Å². The zero-order valence-electron chi connectivity index (χ0n) is 8.49. The minimum Gasteiger partial charge on any atom is -0.489 e. The number of hydrogen-bond donors (Lipinski definition) is 0. The van der Waals surface area contributed by atoms with Gasteiger partial charge in [0.15, 0.2) is 0 Å². The Bertz CT molecular complexity index is 405. The van der Waals surface area contributed by atoms with E-state index in [9.17, 15) is 4.39 Å². The molecule has 0 N–H and O–H groups in total. The molecule has 82 valence electrons. The molecule has 0 bridgehead atoms. The summed E-state index contributed by atoms with van der Waals surface area (Å²) in [6.07, 6.45) is 0. The Balaban J connectivity index is 1.97. The quantitative estimate of drug-likeness (QED) is 0.781. The van der Waals surface area contributed by atoms with Crippen molar-refractivity contribution < 1.29 is 9.13 Å². The Kier molecular flexibility index (Phi) is 3.42. The lowest BCUT2D eigenvalue weighted by molar-refractivity contribution is 0.306. The third-order valence-corrected chi connectivity index (χ3v) is 2.38. The lowest BCUT2D eigenvalue weighted by Gasteiger charge is -2.05. The fourth-order valence-corrected chi connectivity index (χ4v) is 1.40. The lowest BCUT2D eigenvalue weighted by atomic mass is 10.2. The summed E-state index contributed by atoms with van der Waals surface area (Å²) in [5.74, 6) is 0.384. The van der Waals surface area contributed by atoms with Gasteiger partial charge in [-0.05, 0) is 42.0 Å². The van der Waals surface area contributed by atoms with E-state index in [4.69, 9.17) is 16.3 Å². The Labute approximate surface area is 98.4 Å². The summed E-state index contributed by atoms with van der Waals surface area (Å²) in [7, 11) is 0. The molecule has 0 aliphatic carbocycles. The van der Waals surface area contributed by atoms with Crippen molar-refractivity contribution in [3.05, 3.63) is 64.9 Å². The summed E-state index contributed by atoms with van der Waals surface area (Å²) >= 11 is 5.76. The van der Waals surface area contributed by atoms with Gasteiger partial charge in [0.05, 0.1) is 0 Å². The maximum Gasteiger partial charge on any atom is 0.123 e. The van der Waals surface area contributed by atoms with E-state index in [2.05, 4.69) is 0 Å². The van der Waals surface area contributed by atoms with Crippen LogP contribution >= 0.6 is 11.6 Å². The van der Waals surface area contributed by atoms with Crippen LogP contribution in [-0.4, -0.2) is 0 Å². The predicted octanol–water partition coefficient (Wildman–Crippen LogP) is 4.06. The monoisotopic (exact) mass is 236 g/mol. The molecule has 0 heterocycles. The number of benzene rings is 2. The van der Waals surface area contributed by atoms with Crippen molar-refractivity contribution in [1.29, 1.82) is 0 Å². The first-order valence-electron chi connectivity index (χ1n) is 4.87.